The number of nitrogens with zero attached hydrogens (tertiary/aromatic N) is 3. The molecule has 1 saturated heterocycles. The number of hydrogen-bond donors (Lipinski definition) is 1. The van der Waals surface area contributed by atoms with Crippen molar-refractivity contribution in [1.82, 2.24) is 9.97 Å². The summed E-state index contributed by atoms with van der Waals surface area (Å²) < 4.78 is 5.49. The van der Waals surface area contributed by atoms with Crippen LogP contribution in [-0.2, 0) is 4.74 Å². The Morgan fingerprint density at radius 3 is 2.89 bits per heavy atom. The number of methoxy groups -OCH3 is 1. The van der Waals surface area contributed by atoms with Crippen molar-refractivity contribution in [2.45, 2.75) is 25.4 Å². The summed E-state index contributed by atoms with van der Waals surface area (Å²) in [6.45, 7) is 3.43. The molecule has 0 spiro atoms. The third-order valence-corrected chi connectivity index (χ3v) is 3.33. The molecule has 1 aliphatic rings. The van der Waals surface area contributed by atoms with Gasteiger partial charge in [0.25, 0.3) is 0 Å². The van der Waals surface area contributed by atoms with E-state index in [2.05, 4.69) is 9.97 Å². The van der Waals surface area contributed by atoms with Gasteiger partial charge in [0.2, 0.25) is 0 Å². The molecule has 1 fully saturated rings. The number of piperidine rings is 1. The summed E-state index contributed by atoms with van der Waals surface area (Å²) in [4.78, 5) is 21.1. The fraction of sp³-hybridized carbons (Fsp3) is 0.583. The third-order valence-electron chi connectivity index (χ3n) is 3.33. The maximum atomic E-state index is 11.1. The average Bonchev–Trinajstić information content (AvgIpc) is 2.39. The maximum absolute atomic E-state index is 11.1. The van der Waals surface area contributed by atoms with E-state index in [1.807, 2.05) is 11.8 Å². The summed E-state index contributed by atoms with van der Waals surface area (Å²) >= 11 is 0. The van der Waals surface area contributed by atoms with Crippen LogP contribution in [0.1, 0.15) is 30.3 Å². The lowest BCUT2D eigenvalue weighted by Crippen LogP contribution is -2.48. The summed E-state index contributed by atoms with van der Waals surface area (Å²) in [5, 5.41) is 9.12. The molecule has 0 bridgehead atoms. The van der Waals surface area contributed by atoms with Gasteiger partial charge < -0.3 is 14.7 Å². The van der Waals surface area contributed by atoms with Gasteiger partial charge in [-0.1, -0.05) is 0 Å². The zero-order valence-electron chi connectivity index (χ0n) is 10.6. The lowest BCUT2D eigenvalue weighted by molar-refractivity contribution is -0.00490. The minimum absolute atomic E-state index is 0.00199. The van der Waals surface area contributed by atoms with Crippen LogP contribution in [0.5, 0.6) is 0 Å². The predicted molar refractivity (Wildman–Crippen MR) is 65.9 cm³/mol. The van der Waals surface area contributed by atoms with Crippen molar-refractivity contribution in [3.8, 4) is 0 Å². The van der Waals surface area contributed by atoms with Gasteiger partial charge in [0.1, 0.15) is 0 Å². The van der Waals surface area contributed by atoms with Crippen molar-refractivity contribution >= 4 is 11.8 Å². The highest BCUT2D eigenvalue weighted by Crippen LogP contribution is 2.28. The SMILES string of the molecule is COC1(C)CCCN(c2nccnc2C(=O)O)C1. The first-order valence-corrected chi connectivity index (χ1v) is 5.90. The highest BCUT2D eigenvalue weighted by Gasteiger charge is 2.33. The molecule has 1 aliphatic heterocycles. The van der Waals surface area contributed by atoms with Gasteiger partial charge in [-0.15, -0.1) is 0 Å². The van der Waals surface area contributed by atoms with Gasteiger partial charge in [-0.25, -0.2) is 14.8 Å². The Morgan fingerprint density at radius 2 is 2.22 bits per heavy atom. The molecule has 6 heteroatoms. The summed E-state index contributed by atoms with van der Waals surface area (Å²) in [7, 11) is 1.68. The van der Waals surface area contributed by atoms with Crippen molar-refractivity contribution in [2.75, 3.05) is 25.1 Å². The number of aromatic carboxylic acids is 1. The quantitative estimate of drug-likeness (QED) is 0.869. The van der Waals surface area contributed by atoms with Crippen molar-refractivity contribution in [2.24, 2.45) is 0 Å². The molecule has 2 heterocycles. The number of aromatic nitrogens is 2. The Bertz CT molecular complexity index is 452. The lowest BCUT2D eigenvalue weighted by atomic mass is 9.94. The molecule has 0 saturated carbocycles. The van der Waals surface area contributed by atoms with Crippen LogP contribution in [0, 0.1) is 0 Å². The molecule has 0 aliphatic carbocycles. The van der Waals surface area contributed by atoms with Crippen LogP contribution in [0.25, 0.3) is 0 Å². The molecule has 98 valence electrons. The van der Waals surface area contributed by atoms with Crippen molar-refractivity contribution in [3.05, 3.63) is 18.1 Å². The monoisotopic (exact) mass is 251 g/mol. The first-order chi connectivity index (χ1) is 8.56. The first-order valence-electron chi connectivity index (χ1n) is 5.90. The fourth-order valence-electron chi connectivity index (χ4n) is 2.27. The number of anilines is 1. The van der Waals surface area contributed by atoms with Gasteiger partial charge in [0.05, 0.1) is 5.60 Å². The van der Waals surface area contributed by atoms with Gasteiger partial charge in [0, 0.05) is 32.6 Å². The van der Waals surface area contributed by atoms with E-state index < -0.39 is 5.97 Å². The largest absolute Gasteiger partial charge is 0.476 e. The van der Waals surface area contributed by atoms with E-state index in [-0.39, 0.29) is 11.3 Å². The summed E-state index contributed by atoms with van der Waals surface area (Å²) in [6.07, 6.45) is 4.82. The van der Waals surface area contributed by atoms with E-state index in [0.717, 1.165) is 19.4 Å². The summed E-state index contributed by atoms with van der Waals surface area (Å²) in [5.41, 5.74) is -0.260. The molecule has 1 atom stereocenters. The molecule has 0 aromatic carbocycles. The second kappa shape index (κ2) is 4.89. The number of carboxylic acids is 1. The van der Waals surface area contributed by atoms with Crippen molar-refractivity contribution in [1.29, 1.82) is 0 Å². The molecule has 1 aromatic rings. The van der Waals surface area contributed by atoms with Crippen molar-refractivity contribution in [3.63, 3.8) is 0 Å². The van der Waals surface area contributed by atoms with Crippen molar-refractivity contribution < 1.29 is 14.6 Å². The standard InChI is InChI=1S/C12H17N3O3/c1-12(18-2)4-3-7-15(8-12)10-9(11(16)17)13-5-6-14-10/h5-6H,3-4,7-8H2,1-2H3,(H,16,17). The molecule has 1 N–H and O–H groups in total. The van der Waals surface area contributed by atoms with Gasteiger partial charge >= 0.3 is 5.97 Å². The zero-order valence-corrected chi connectivity index (χ0v) is 10.6. The van der Waals surface area contributed by atoms with Crippen LogP contribution in [0.3, 0.4) is 0 Å². The number of ether oxygens (including phenoxy) is 1. The topological polar surface area (TPSA) is 75.5 Å². The normalized spacial score (nSPS) is 24.0. The van der Waals surface area contributed by atoms with Gasteiger partial charge in [0.15, 0.2) is 11.5 Å². The van der Waals surface area contributed by atoms with Gasteiger partial charge in [-0.05, 0) is 19.8 Å². The highest BCUT2D eigenvalue weighted by molar-refractivity contribution is 5.90. The van der Waals surface area contributed by atoms with Gasteiger partial charge in [-0.2, -0.15) is 0 Å². The number of carboxylic acid groups (broad SMARTS) is 1. The van der Waals surface area contributed by atoms with E-state index in [4.69, 9.17) is 9.84 Å². The zero-order chi connectivity index (χ0) is 13.2. The van der Waals surface area contributed by atoms with Crippen LogP contribution in [0.2, 0.25) is 0 Å². The Morgan fingerprint density at radius 1 is 1.50 bits per heavy atom. The minimum Gasteiger partial charge on any atom is -0.476 e. The molecule has 0 amide bonds. The van der Waals surface area contributed by atoms with E-state index in [1.54, 1.807) is 7.11 Å². The highest BCUT2D eigenvalue weighted by atomic mass is 16.5. The van der Waals surface area contributed by atoms with E-state index >= 15 is 0 Å². The summed E-state index contributed by atoms with van der Waals surface area (Å²) in [6, 6.07) is 0. The second-order valence-corrected chi connectivity index (χ2v) is 4.71. The van der Waals surface area contributed by atoms with E-state index in [9.17, 15) is 4.79 Å². The van der Waals surface area contributed by atoms with E-state index in [0.29, 0.717) is 12.4 Å². The molecule has 1 aromatic heterocycles. The molecule has 6 nitrogen and oxygen atoms in total. The minimum atomic E-state index is -1.05. The third kappa shape index (κ3) is 2.43. The van der Waals surface area contributed by atoms with Crippen LogP contribution in [-0.4, -0.2) is 46.8 Å². The molecule has 2 rings (SSSR count). The molecule has 18 heavy (non-hydrogen) atoms. The molecule has 0 radical (unpaired) electrons. The van der Waals surface area contributed by atoms with Crippen LogP contribution >= 0.6 is 0 Å². The van der Waals surface area contributed by atoms with Crippen LogP contribution < -0.4 is 4.90 Å². The number of rotatable bonds is 3. The maximum Gasteiger partial charge on any atom is 0.358 e. The first kappa shape index (κ1) is 12.8. The summed E-state index contributed by atoms with van der Waals surface area (Å²) in [5.74, 6) is -0.629. The fourth-order valence-corrected chi connectivity index (χ4v) is 2.27. The predicted octanol–water partition coefficient (Wildman–Crippen LogP) is 1.18. The Labute approximate surface area is 106 Å². The Balaban J connectivity index is 2.29. The Kier molecular flexibility index (Phi) is 3.47. The van der Waals surface area contributed by atoms with Gasteiger partial charge in [-0.3, -0.25) is 0 Å². The number of carbonyl (C=O) groups is 1. The van der Waals surface area contributed by atoms with Crippen LogP contribution in [0.15, 0.2) is 12.4 Å². The molecular weight excluding hydrogens is 234 g/mol. The molecular formula is C12H17N3O3. The van der Waals surface area contributed by atoms with E-state index in [1.165, 1.54) is 12.4 Å². The Hall–Kier alpha value is -1.69. The second-order valence-electron chi connectivity index (χ2n) is 4.71. The average molecular weight is 251 g/mol. The van der Waals surface area contributed by atoms with Crippen LogP contribution in [0.4, 0.5) is 5.82 Å². The lowest BCUT2D eigenvalue weighted by Gasteiger charge is -2.40. The smallest absolute Gasteiger partial charge is 0.358 e. The molecule has 1 unspecified atom stereocenters. The number of hydrogen-bond acceptors (Lipinski definition) is 5.